The number of carbonyl (C=O) groups excluding carboxylic acids is 1. The molecule has 0 saturated carbocycles. The molecule has 2 heterocycles. The van der Waals surface area contributed by atoms with Gasteiger partial charge >= 0.3 is 0 Å². The van der Waals surface area contributed by atoms with Crippen molar-refractivity contribution in [2.24, 2.45) is 0 Å². The molecule has 4 rings (SSSR count). The van der Waals surface area contributed by atoms with Gasteiger partial charge in [0.2, 0.25) is 5.91 Å². The van der Waals surface area contributed by atoms with E-state index in [1.807, 2.05) is 39.0 Å². The summed E-state index contributed by atoms with van der Waals surface area (Å²) in [5.74, 6) is -0.933. The highest BCUT2D eigenvalue weighted by Crippen LogP contribution is 2.31. The Balaban J connectivity index is 1.74. The maximum Gasteiger partial charge on any atom is 0.267 e. The maximum atomic E-state index is 14.2. The number of halogens is 2. The highest BCUT2D eigenvalue weighted by molar-refractivity contribution is 9.10. The molecular weight excluding hydrogens is 549 g/mol. The number of benzene rings is 2. The van der Waals surface area contributed by atoms with E-state index in [4.69, 9.17) is 4.98 Å². The second-order valence-corrected chi connectivity index (χ2v) is 11.3. The van der Waals surface area contributed by atoms with Gasteiger partial charge in [0.05, 0.1) is 22.5 Å². The van der Waals surface area contributed by atoms with Gasteiger partial charge in [-0.1, -0.05) is 47.1 Å². The quantitative estimate of drug-likeness (QED) is 0.192. The number of rotatable bonds is 7. The average Bonchev–Trinajstić information content (AvgIpc) is 3.12. The molecular formula is C26H25BrFN3O2S2. The fraction of sp³-hybridized carbons (Fsp3) is 0.269. The molecule has 0 aliphatic rings. The van der Waals surface area contributed by atoms with Gasteiger partial charge in [-0.05, 0) is 74.2 Å². The zero-order chi connectivity index (χ0) is 25.3. The van der Waals surface area contributed by atoms with Gasteiger partial charge < -0.3 is 5.32 Å². The third-order valence-corrected chi connectivity index (χ3v) is 8.47. The number of hydrogen-bond acceptors (Lipinski definition) is 5. The Kier molecular flexibility index (Phi) is 7.78. The highest BCUT2D eigenvalue weighted by Gasteiger charge is 2.20. The summed E-state index contributed by atoms with van der Waals surface area (Å²) >= 11 is 5.90. The normalized spacial score (nSPS) is 11.3. The molecule has 0 spiro atoms. The van der Waals surface area contributed by atoms with Gasteiger partial charge in [0.25, 0.3) is 5.56 Å². The van der Waals surface area contributed by atoms with Crippen LogP contribution in [0.15, 0.2) is 50.8 Å². The van der Waals surface area contributed by atoms with E-state index in [1.54, 1.807) is 10.6 Å². The van der Waals surface area contributed by atoms with Crippen molar-refractivity contribution in [1.82, 2.24) is 9.55 Å². The van der Waals surface area contributed by atoms with Gasteiger partial charge in [-0.2, -0.15) is 0 Å². The fourth-order valence-corrected chi connectivity index (χ4v) is 6.24. The molecule has 182 valence electrons. The number of anilines is 1. The van der Waals surface area contributed by atoms with Gasteiger partial charge in [0.15, 0.2) is 5.16 Å². The Hall–Kier alpha value is -2.49. The number of hydrogen-bond donors (Lipinski definition) is 1. The van der Waals surface area contributed by atoms with Crippen molar-refractivity contribution in [2.45, 2.75) is 45.7 Å². The van der Waals surface area contributed by atoms with Crippen molar-refractivity contribution in [1.29, 1.82) is 0 Å². The first kappa shape index (κ1) is 25.6. The SMILES string of the molecule is CCCc1sc2nc(SCC(=O)Nc3ccc(Br)cc3F)n(-c3ccc(C)c(C)c3)c(=O)c2c1C. The lowest BCUT2D eigenvalue weighted by Gasteiger charge is -2.14. The molecule has 5 nitrogen and oxygen atoms in total. The lowest BCUT2D eigenvalue weighted by atomic mass is 10.1. The van der Waals surface area contributed by atoms with Crippen molar-refractivity contribution in [3.05, 3.63) is 78.6 Å². The summed E-state index contributed by atoms with van der Waals surface area (Å²) in [6.45, 7) is 8.10. The number of thioether (sulfide) groups is 1. The van der Waals surface area contributed by atoms with E-state index in [-0.39, 0.29) is 22.9 Å². The first-order chi connectivity index (χ1) is 16.7. The Morgan fingerprint density at radius 3 is 2.63 bits per heavy atom. The van der Waals surface area contributed by atoms with Crippen molar-refractivity contribution in [3.63, 3.8) is 0 Å². The van der Waals surface area contributed by atoms with Crippen LogP contribution in [0.4, 0.5) is 10.1 Å². The molecule has 4 aromatic rings. The molecule has 0 atom stereocenters. The second kappa shape index (κ2) is 10.6. The smallest absolute Gasteiger partial charge is 0.267 e. The second-order valence-electron chi connectivity index (χ2n) is 8.34. The van der Waals surface area contributed by atoms with Gasteiger partial charge in [0, 0.05) is 9.35 Å². The Bertz CT molecular complexity index is 1500. The number of aryl methyl sites for hydroxylation is 4. The Morgan fingerprint density at radius 1 is 1.17 bits per heavy atom. The molecule has 0 unspecified atom stereocenters. The standard InChI is InChI=1S/C26H25BrFN3O2S2/c1-5-6-21-16(4)23-24(35-21)30-26(31(25(23)33)18-9-7-14(2)15(3)11-18)34-13-22(32)29-20-10-8-17(27)12-19(20)28/h7-12H,5-6,13H2,1-4H3,(H,29,32). The number of aromatic nitrogens is 2. The van der Waals surface area contributed by atoms with Crippen molar-refractivity contribution >= 4 is 60.8 Å². The molecule has 0 aliphatic carbocycles. The summed E-state index contributed by atoms with van der Waals surface area (Å²) in [6, 6.07) is 10.3. The van der Waals surface area contributed by atoms with Gasteiger partial charge in [-0.25, -0.2) is 9.37 Å². The van der Waals surface area contributed by atoms with E-state index in [9.17, 15) is 14.0 Å². The molecule has 0 fully saturated rings. The largest absolute Gasteiger partial charge is 0.323 e. The van der Waals surface area contributed by atoms with Crippen LogP contribution in [0.5, 0.6) is 0 Å². The van der Waals surface area contributed by atoms with Crippen LogP contribution in [0, 0.1) is 26.6 Å². The number of nitrogens with zero attached hydrogens (tertiary/aromatic N) is 2. The van der Waals surface area contributed by atoms with Crippen LogP contribution in [0.25, 0.3) is 15.9 Å². The van der Waals surface area contributed by atoms with E-state index in [0.717, 1.165) is 46.2 Å². The maximum absolute atomic E-state index is 14.2. The molecule has 35 heavy (non-hydrogen) atoms. The molecule has 0 aliphatic heterocycles. The van der Waals surface area contributed by atoms with Crippen LogP contribution in [0.2, 0.25) is 0 Å². The van der Waals surface area contributed by atoms with Crippen molar-refractivity contribution in [3.8, 4) is 5.69 Å². The summed E-state index contributed by atoms with van der Waals surface area (Å²) in [5.41, 5.74) is 3.82. The van der Waals surface area contributed by atoms with E-state index in [1.165, 1.54) is 23.5 Å². The van der Waals surface area contributed by atoms with E-state index in [0.29, 0.717) is 25.5 Å². The number of carbonyl (C=O) groups is 1. The predicted octanol–water partition coefficient (Wildman–Crippen LogP) is 6.96. The number of thiophene rings is 1. The summed E-state index contributed by atoms with van der Waals surface area (Å²) in [6.07, 6.45) is 1.87. The lowest BCUT2D eigenvalue weighted by Crippen LogP contribution is -2.23. The Morgan fingerprint density at radius 2 is 1.94 bits per heavy atom. The van der Waals surface area contributed by atoms with Crippen LogP contribution in [0.1, 0.15) is 34.9 Å². The van der Waals surface area contributed by atoms with Crippen LogP contribution < -0.4 is 10.9 Å². The fourth-order valence-electron chi connectivity index (χ4n) is 3.77. The number of amides is 1. The zero-order valence-corrected chi connectivity index (χ0v) is 23.1. The van der Waals surface area contributed by atoms with Gasteiger partial charge in [-0.3, -0.25) is 14.2 Å². The zero-order valence-electron chi connectivity index (χ0n) is 19.9. The van der Waals surface area contributed by atoms with E-state index < -0.39 is 5.82 Å². The minimum Gasteiger partial charge on any atom is -0.323 e. The highest BCUT2D eigenvalue weighted by atomic mass is 79.9. The predicted molar refractivity (Wildman–Crippen MR) is 147 cm³/mol. The first-order valence-corrected chi connectivity index (χ1v) is 13.8. The van der Waals surface area contributed by atoms with Crippen LogP contribution >= 0.6 is 39.0 Å². The van der Waals surface area contributed by atoms with Crippen molar-refractivity contribution in [2.75, 3.05) is 11.1 Å². The van der Waals surface area contributed by atoms with E-state index in [2.05, 4.69) is 28.2 Å². The summed E-state index contributed by atoms with van der Waals surface area (Å²) in [7, 11) is 0. The third kappa shape index (κ3) is 5.37. The molecule has 0 radical (unpaired) electrons. The van der Waals surface area contributed by atoms with Crippen LogP contribution in [-0.4, -0.2) is 21.2 Å². The molecule has 1 amide bonds. The lowest BCUT2D eigenvalue weighted by molar-refractivity contribution is -0.113. The Labute approximate surface area is 219 Å². The molecule has 2 aromatic heterocycles. The number of nitrogens with one attached hydrogen (secondary N) is 1. The summed E-state index contributed by atoms with van der Waals surface area (Å²) < 4.78 is 16.3. The first-order valence-electron chi connectivity index (χ1n) is 11.2. The van der Waals surface area contributed by atoms with Crippen molar-refractivity contribution < 1.29 is 9.18 Å². The molecule has 9 heteroatoms. The average molecular weight is 575 g/mol. The topological polar surface area (TPSA) is 64.0 Å². The third-order valence-electron chi connectivity index (χ3n) is 5.80. The van der Waals surface area contributed by atoms with E-state index >= 15 is 0 Å². The molecule has 0 bridgehead atoms. The van der Waals surface area contributed by atoms with Gasteiger partial charge in [0.1, 0.15) is 10.6 Å². The molecule has 0 saturated heterocycles. The molecule has 1 N–H and O–H groups in total. The number of fused-ring (bicyclic) bond motifs is 1. The summed E-state index contributed by atoms with van der Waals surface area (Å²) in [5, 5.41) is 3.66. The van der Waals surface area contributed by atoms with Crippen LogP contribution in [0.3, 0.4) is 0 Å². The van der Waals surface area contributed by atoms with Crippen LogP contribution in [-0.2, 0) is 11.2 Å². The minimum absolute atomic E-state index is 0.0233. The van der Waals surface area contributed by atoms with Gasteiger partial charge in [-0.15, -0.1) is 11.3 Å². The molecule has 2 aromatic carbocycles. The summed E-state index contributed by atoms with van der Waals surface area (Å²) in [4.78, 5) is 33.1. The minimum atomic E-state index is -0.526. The monoisotopic (exact) mass is 573 g/mol.